The van der Waals surface area contributed by atoms with Crippen molar-refractivity contribution in [3.05, 3.63) is 0 Å². The first-order valence-corrected chi connectivity index (χ1v) is 2.46. The quantitative estimate of drug-likeness (QED) is 0.377. The molecule has 0 saturated carbocycles. The third-order valence-corrected chi connectivity index (χ3v) is 1.13. The fraction of sp³-hybridized carbons (Fsp3) is 1.00. The van der Waals surface area contributed by atoms with Gasteiger partial charge in [-0.1, -0.05) is 0 Å². The van der Waals surface area contributed by atoms with Gasteiger partial charge in [0.2, 0.25) is 0 Å². The first-order chi connectivity index (χ1) is 2.56. The summed E-state index contributed by atoms with van der Waals surface area (Å²) in [4.78, 5) is 0. The average molecular weight is 195 g/mol. The van der Waals surface area contributed by atoms with Crippen LogP contribution in [-0.2, 0) is 21.4 Å². The molecule has 0 N–H and O–H groups in total. The molecule has 50 valence electrons. The van der Waals surface area contributed by atoms with Gasteiger partial charge >= 0.3 is 47.8 Å². The fourth-order valence-corrected chi connectivity index (χ4v) is 0. The van der Waals surface area contributed by atoms with Gasteiger partial charge < -0.3 is 24.8 Å². The Balaban J connectivity index is -0.000000125. The molecule has 0 saturated heterocycles. The minimum atomic E-state index is 0. The number of rotatable bonds is 0. The van der Waals surface area contributed by atoms with Crippen LogP contribution in [0, 0.1) is 0 Å². The van der Waals surface area contributed by atoms with Crippen molar-refractivity contribution in [2.75, 3.05) is 0 Å². The summed E-state index contributed by atoms with van der Waals surface area (Å²) >= 11 is 2.10. The Morgan fingerprint density at radius 1 is 1.12 bits per heavy atom. The first-order valence-electron chi connectivity index (χ1n) is 1.89. The molecule has 0 rings (SSSR count). The summed E-state index contributed by atoms with van der Waals surface area (Å²) in [6.07, 6.45) is 0. The van der Waals surface area contributed by atoms with Gasteiger partial charge in [-0.25, -0.2) is 0 Å². The van der Waals surface area contributed by atoms with Crippen LogP contribution >= 0.6 is 0 Å². The van der Waals surface area contributed by atoms with Gasteiger partial charge in [0.1, 0.15) is 0 Å². The smallest absolute Gasteiger partial charge is 1.00 e. The van der Waals surface area contributed by atoms with E-state index < -0.39 is 0 Å². The molecule has 8 heavy (non-hydrogen) atoms. The van der Waals surface area contributed by atoms with Crippen molar-refractivity contribution in [1.29, 1.82) is 0 Å². The summed E-state index contributed by atoms with van der Waals surface area (Å²) in [5.74, 6) is 0. The van der Waals surface area contributed by atoms with Gasteiger partial charge in [-0.05, 0) is 0 Å². The zero-order valence-electron chi connectivity index (χ0n) is 5.11. The monoisotopic (exact) mass is 194 g/mol. The molecular weight excluding hydrogens is 186 g/mol. The van der Waals surface area contributed by atoms with E-state index in [0.717, 1.165) is 0 Å². The zero-order chi connectivity index (χ0) is 5.21. The van der Waals surface area contributed by atoms with Gasteiger partial charge in [-0.3, -0.25) is 0 Å². The van der Waals surface area contributed by atoms with Crippen LogP contribution in [0.5, 0.6) is 0 Å². The Hall–Kier alpha value is 1.12. The maximum absolute atomic E-state index is 4.88. The number of halogens is 2. The Morgan fingerprint density at radius 3 is 1.25 bits per heavy atom. The summed E-state index contributed by atoms with van der Waals surface area (Å²) < 4.78 is 4.88. The fourth-order valence-electron chi connectivity index (χ4n) is 0. The van der Waals surface area contributed by atoms with Gasteiger partial charge in [-0.15, -0.1) is 0 Å². The Morgan fingerprint density at radius 2 is 1.25 bits per heavy atom. The van der Waals surface area contributed by atoms with Crippen molar-refractivity contribution in [3.8, 4) is 0 Å². The van der Waals surface area contributed by atoms with E-state index in [2.05, 4.69) is 17.8 Å². The van der Waals surface area contributed by atoms with Crippen molar-refractivity contribution in [2.24, 2.45) is 0 Å². The second-order valence-electron chi connectivity index (χ2n) is 2.20. The molecule has 0 aromatic heterocycles. The van der Waals surface area contributed by atoms with Crippen LogP contribution in [-0.4, -0.2) is 5.60 Å². The van der Waals surface area contributed by atoms with E-state index in [4.69, 9.17) is 3.66 Å². The van der Waals surface area contributed by atoms with Crippen molar-refractivity contribution in [1.82, 2.24) is 0 Å². The molecule has 0 aliphatic carbocycles. The molecule has 0 radical (unpaired) electrons. The van der Waals surface area contributed by atoms with Gasteiger partial charge in [0, 0.05) is 0 Å². The molecule has 0 unspecified atom stereocenters. The van der Waals surface area contributed by atoms with Crippen LogP contribution in [0.2, 0.25) is 0 Å². The van der Waals surface area contributed by atoms with Crippen LogP contribution in [0.1, 0.15) is 20.8 Å². The van der Waals surface area contributed by atoms with E-state index in [9.17, 15) is 0 Å². The SMILES string of the molecule is CC(C)(C)[O][V+2].[Cl-].[Cl-]. The third kappa shape index (κ3) is 15.7. The molecule has 0 atom stereocenters. The Bertz CT molecular complexity index is 43.8. The second kappa shape index (κ2) is 6.25. The third-order valence-electron chi connectivity index (χ3n) is 0.274. The topological polar surface area (TPSA) is 9.23 Å². The van der Waals surface area contributed by atoms with Crippen molar-refractivity contribution in [2.45, 2.75) is 26.4 Å². The molecule has 0 aliphatic rings. The van der Waals surface area contributed by atoms with E-state index in [1.54, 1.807) is 0 Å². The summed E-state index contributed by atoms with van der Waals surface area (Å²) in [6.45, 7) is 6.02. The van der Waals surface area contributed by atoms with Crippen LogP contribution in [0.3, 0.4) is 0 Å². The van der Waals surface area contributed by atoms with E-state index >= 15 is 0 Å². The number of hydrogen-bond donors (Lipinski definition) is 0. The second-order valence-corrected chi connectivity index (χ2v) is 2.49. The van der Waals surface area contributed by atoms with E-state index in [-0.39, 0.29) is 30.4 Å². The minimum absolute atomic E-state index is 0. The largest absolute Gasteiger partial charge is 1.00 e. The van der Waals surface area contributed by atoms with E-state index in [1.165, 1.54) is 0 Å². The molecule has 0 heterocycles. The standard InChI is InChI=1S/C4H9O.2ClH.V/c1-4(2,3)5;;;/h1-3H3;2*1H;/q-1;;;+3/p-2. The van der Waals surface area contributed by atoms with Crippen LogP contribution in [0.4, 0.5) is 0 Å². The van der Waals surface area contributed by atoms with E-state index in [0.29, 0.717) is 0 Å². The molecule has 0 amide bonds. The van der Waals surface area contributed by atoms with Crippen molar-refractivity contribution < 1.29 is 46.3 Å². The Labute approximate surface area is 72.7 Å². The van der Waals surface area contributed by atoms with Crippen molar-refractivity contribution in [3.63, 3.8) is 0 Å². The normalized spacial score (nSPS) is 8.75. The molecule has 0 spiro atoms. The molecule has 0 fully saturated rings. The summed E-state index contributed by atoms with van der Waals surface area (Å²) in [6, 6.07) is 0. The first kappa shape index (κ1) is 16.1. The molecule has 1 nitrogen and oxygen atoms in total. The van der Waals surface area contributed by atoms with Crippen LogP contribution in [0.15, 0.2) is 0 Å². The summed E-state index contributed by atoms with van der Waals surface area (Å²) in [5.41, 5.74) is 0.0139. The summed E-state index contributed by atoms with van der Waals surface area (Å²) in [7, 11) is 0. The van der Waals surface area contributed by atoms with Crippen molar-refractivity contribution >= 4 is 0 Å². The maximum Gasteiger partial charge on any atom is -1.00 e. The zero-order valence-corrected chi connectivity index (χ0v) is 8.02. The van der Waals surface area contributed by atoms with Crippen LogP contribution < -0.4 is 24.8 Å². The summed E-state index contributed by atoms with van der Waals surface area (Å²) in [5, 5.41) is 0. The maximum atomic E-state index is 4.88. The van der Waals surface area contributed by atoms with Crippen LogP contribution in [0.25, 0.3) is 0 Å². The van der Waals surface area contributed by atoms with Gasteiger partial charge in [-0.2, -0.15) is 0 Å². The molecule has 0 aromatic carbocycles. The minimum Gasteiger partial charge on any atom is -1.00 e. The van der Waals surface area contributed by atoms with E-state index in [1.807, 2.05) is 20.8 Å². The molecule has 0 bridgehead atoms. The van der Waals surface area contributed by atoms with Gasteiger partial charge in [0.25, 0.3) is 0 Å². The predicted molar refractivity (Wildman–Crippen MR) is 20.8 cm³/mol. The molecule has 0 aromatic rings. The Kier molecular flexibility index (Phi) is 12.5. The molecular formula is C4H9Cl2OV. The van der Waals surface area contributed by atoms with Gasteiger partial charge in [0.05, 0.1) is 0 Å². The average Bonchev–Trinajstić information content (AvgIpc) is 1.35. The molecule has 4 heteroatoms. The molecule has 0 aliphatic heterocycles. The number of hydrogen-bond acceptors (Lipinski definition) is 1. The van der Waals surface area contributed by atoms with Gasteiger partial charge in [0.15, 0.2) is 0 Å². The predicted octanol–water partition coefficient (Wildman–Crippen LogP) is -4.73.